The summed E-state index contributed by atoms with van der Waals surface area (Å²) < 4.78 is 23.2. The van der Waals surface area contributed by atoms with Crippen LogP contribution in [0.2, 0.25) is 0 Å². The first-order valence-corrected chi connectivity index (χ1v) is 8.18. The molecule has 0 saturated carbocycles. The zero-order valence-electron chi connectivity index (χ0n) is 11.1. The Bertz CT molecular complexity index is 600. The number of hydrogen-bond donors (Lipinski definition) is 2. The lowest BCUT2D eigenvalue weighted by Gasteiger charge is -2.20. The molecule has 1 fully saturated rings. The second kappa shape index (κ2) is 6.19. The third-order valence-electron chi connectivity index (χ3n) is 3.28. The van der Waals surface area contributed by atoms with Gasteiger partial charge in [-0.3, -0.25) is 9.88 Å². The van der Waals surface area contributed by atoms with Gasteiger partial charge in [-0.15, -0.1) is 0 Å². The van der Waals surface area contributed by atoms with Crippen molar-refractivity contribution >= 4 is 15.7 Å². The Morgan fingerprint density at radius 2 is 2.25 bits per heavy atom. The standard InChI is InChI=1S/C12H18N4O3S/c13-12(15-17)11-10(3-1-4-14-11)9-16-5-2-7-20(18,19)8-6-16/h1,3-4,17H,2,5-9H2,(H2,13,15). The van der Waals surface area contributed by atoms with Crippen LogP contribution in [0.3, 0.4) is 0 Å². The van der Waals surface area contributed by atoms with E-state index in [4.69, 9.17) is 10.9 Å². The van der Waals surface area contributed by atoms with E-state index in [1.807, 2.05) is 6.07 Å². The summed E-state index contributed by atoms with van der Waals surface area (Å²) in [6.45, 7) is 1.74. The summed E-state index contributed by atoms with van der Waals surface area (Å²) in [5.41, 5.74) is 6.85. The number of sulfone groups is 1. The number of amidine groups is 1. The first-order chi connectivity index (χ1) is 9.52. The number of aromatic nitrogens is 1. The summed E-state index contributed by atoms with van der Waals surface area (Å²) in [6, 6.07) is 3.62. The molecule has 0 unspecified atom stereocenters. The van der Waals surface area contributed by atoms with Crippen LogP contribution in [0.25, 0.3) is 0 Å². The van der Waals surface area contributed by atoms with Crippen LogP contribution in [-0.2, 0) is 16.4 Å². The maximum absolute atomic E-state index is 11.6. The number of pyridine rings is 1. The topological polar surface area (TPSA) is 109 Å². The molecular formula is C12H18N4O3S. The Morgan fingerprint density at radius 3 is 3.00 bits per heavy atom. The fourth-order valence-electron chi connectivity index (χ4n) is 2.23. The molecule has 110 valence electrons. The number of rotatable bonds is 3. The van der Waals surface area contributed by atoms with E-state index in [9.17, 15) is 8.42 Å². The van der Waals surface area contributed by atoms with E-state index in [1.165, 1.54) is 0 Å². The summed E-state index contributed by atoms with van der Waals surface area (Å²) in [6.07, 6.45) is 2.20. The molecule has 0 radical (unpaired) electrons. The van der Waals surface area contributed by atoms with E-state index in [-0.39, 0.29) is 17.3 Å². The quantitative estimate of drug-likeness (QED) is 0.346. The summed E-state index contributed by atoms with van der Waals surface area (Å²) in [7, 11) is -2.92. The number of hydrogen-bond acceptors (Lipinski definition) is 6. The molecule has 2 rings (SSSR count). The molecule has 1 saturated heterocycles. The van der Waals surface area contributed by atoms with Crippen molar-refractivity contribution in [2.75, 3.05) is 24.6 Å². The minimum absolute atomic E-state index is 0.0388. The van der Waals surface area contributed by atoms with Crippen LogP contribution in [0.1, 0.15) is 17.7 Å². The fraction of sp³-hybridized carbons (Fsp3) is 0.500. The summed E-state index contributed by atoms with van der Waals surface area (Å²) in [4.78, 5) is 6.16. The van der Waals surface area contributed by atoms with Gasteiger partial charge in [0.15, 0.2) is 15.7 Å². The molecule has 8 heteroatoms. The highest BCUT2D eigenvalue weighted by Crippen LogP contribution is 2.12. The highest BCUT2D eigenvalue weighted by Gasteiger charge is 2.20. The van der Waals surface area contributed by atoms with E-state index >= 15 is 0 Å². The molecule has 1 aliphatic rings. The molecule has 20 heavy (non-hydrogen) atoms. The van der Waals surface area contributed by atoms with Crippen LogP contribution < -0.4 is 5.73 Å². The number of nitrogens with zero attached hydrogens (tertiary/aromatic N) is 3. The van der Waals surface area contributed by atoms with Gasteiger partial charge in [0, 0.05) is 19.3 Å². The molecule has 0 atom stereocenters. The minimum Gasteiger partial charge on any atom is -0.409 e. The van der Waals surface area contributed by atoms with Crippen molar-refractivity contribution in [3.63, 3.8) is 0 Å². The SMILES string of the molecule is N/C(=N/O)c1ncccc1CN1CCCS(=O)(=O)CC1. The van der Waals surface area contributed by atoms with E-state index in [1.54, 1.807) is 12.3 Å². The van der Waals surface area contributed by atoms with Gasteiger partial charge in [-0.25, -0.2) is 8.42 Å². The van der Waals surface area contributed by atoms with Crippen LogP contribution in [0.5, 0.6) is 0 Å². The van der Waals surface area contributed by atoms with Gasteiger partial charge in [-0.05, 0) is 24.6 Å². The molecule has 3 N–H and O–H groups in total. The average molecular weight is 298 g/mol. The van der Waals surface area contributed by atoms with Crippen molar-refractivity contribution in [1.29, 1.82) is 0 Å². The molecule has 7 nitrogen and oxygen atoms in total. The molecule has 2 heterocycles. The Balaban J connectivity index is 2.14. The van der Waals surface area contributed by atoms with Crippen LogP contribution in [0.4, 0.5) is 0 Å². The molecule has 0 aliphatic carbocycles. The molecule has 1 aliphatic heterocycles. The van der Waals surface area contributed by atoms with Gasteiger partial charge in [0.05, 0.1) is 11.5 Å². The normalized spacial score (nSPS) is 20.5. The van der Waals surface area contributed by atoms with Gasteiger partial charge in [0.25, 0.3) is 0 Å². The minimum atomic E-state index is -2.92. The Hall–Kier alpha value is -1.67. The van der Waals surface area contributed by atoms with Crippen LogP contribution >= 0.6 is 0 Å². The lowest BCUT2D eigenvalue weighted by atomic mass is 10.1. The zero-order valence-corrected chi connectivity index (χ0v) is 11.9. The maximum atomic E-state index is 11.6. The first kappa shape index (κ1) is 14.7. The van der Waals surface area contributed by atoms with Gasteiger partial charge in [-0.2, -0.15) is 0 Å². The highest BCUT2D eigenvalue weighted by molar-refractivity contribution is 7.91. The lowest BCUT2D eigenvalue weighted by Crippen LogP contribution is -2.28. The monoisotopic (exact) mass is 298 g/mol. The van der Waals surface area contributed by atoms with Crippen molar-refractivity contribution < 1.29 is 13.6 Å². The largest absolute Gasteiger partial charge is 0.409 e. The zero-order chi connectivity index (χ0) is 14.6. The molecule has 0 spiro atoms. The molecule has 1 aromatic rings. The Kier molecular flexibility index (Phi) is 4.56. The van der Waals surface area contributed by atoms with Crippen molar-refractivity contribution in [3.05, 3.63) is 29.6 Å². The molecular weight excluding hydrogens is 280 g/mol. The molecule has 0 bridgehead atoms. The van der Waals surface area contributed by atoms with E-state index in [0.29, 0.717) is 31.7 Å². The third-order valence-corrected chi connectivity index (χ3v) is 5.00. The van der Waals surface area contributed by atoms with E-state index in [2.05, 4.69) is 15.0 Å². The predicted octanol–water partition coefficient (Wildman–Crippen LogP) is -0.203. The first-order valence-electron chi connectivity index (χ1n) is 6.36. The van der Waals surface area contributed by atoms with Gasteiger partial charge in [-0.1, -0.05) is 11.2 Å². The Labute approximate surface area is 118 Å². The maximum Gasteiger partial charge on any atom is 0.189 e. The molecule has 1 aromatic heterocycles. The summed E-state index contributed by atoms with van der Waals surface area (Å²) in [5, 5.41) is 11.7. The smallest absolute Gasteiger partial charge is 0.189 e. The molecule has 0 amide bonds. The van der Waals surface area contributed by atoms with Crippen molar-refractivity contribution in [1.82, 2.24) is 9.88 Å². The number of nitrogens with two attached hydrogens (primary N) is 1. The predicted molar refractivity (Wildman–Crippen MR) is 75.3 cm³/mol. The highest BCUT2D eigenvalue weighted by atomic mass is 32.2. The lowest BCUT2D eigenvalue weighted by molar-refractivity contribution is 0.286. The van der Waals surface area contributed by atoms with Gasteiger partial charge in [0.2, 0.25) is 0 Å². The van der Waals surface area contributed by atoms with Crippen LogP contribution in [0.15, 0.2) is 23.5 Å². The molecule has 0 aromatic carbocycles. The Morgan fingerprint density at radius 1 is 1.45 bits per heavy atom. The van der Waals surface area contributed by atoms with Crippen LogP contribution in [-0.4, -0.2) is 53.9 Å². The van der Waals surface area contributed by atoms with Crippen LogP contribution in [0, 0.1) is 0 Å². The summed E-state index contributed by atoms with van der Waals surface area (Å²) >= 11 is 0. The fourth-order valence-corrected chi connectivity index (χ4v) is 3.54. The average Bonchev–Trinajstić information content (AvgIpc) is 2.60. The van der Waals surface area contributed by atoms with Crippen molar-refractivity contribution in [2.45, 2.75) is 13.0 Å². The van der Waals surface area contributed by atoms with Gasteiger partial charge < -0.3 is 10.9 Å². The van der Waals surface area contributed by atoms with Gasteiger partial charge >= 0.3 is 0 Å². The van der Waals surface area contributed by atoms with E-state index in [0.717, 1.165) is 5.56 Å². The van der Waals surface area contributed by atoms with E-state index < -0.39 is 9.84 Å². The number of oxime groups is 1. The third kappa shape index (κ3) is 3.67. The summed E-state index contributed by atoms with van der Waals surface area (Å²) in [5.74, 6) is 0.374. The second-order valence-electron chi connectivity index (χ2n) is 4.78. The second-order valence-corrected chi connectivity index (χ2v) is 7.08. The van der Waals surface area contributed by atoms with Crippen molar-refractivity contribution in [2.24, 2.45) is 10.9 Å². The van der Waals surface area contributed by atoms with Crippen molar-refractivity contribution in [3.8, 4) is 0 Å². The van der Waals surface area contributed by atoms with Gasteiger partial charge in [0.1, 0.15) is 5.69 Å².